The van der Waals surface area contributed by atoms with E-state index in [1.807, 2.05) is 0 Å². The molecule has 8 nitrogen and oxygen atoms in total. The first kappa shape index (κ1) is 24.3. The van der Waals surface area contributed by atoms with Crippen molar-refractivity contribution >= 4 is 34.9 Å². The van der Waals surface area contributed by atoms with Crippen LogP contribution in [0.5, 0.6) is 0 Å². The first-order valence-corrected chi connectivity index (χ1v) is 12.0. The Labute approximate surface area is 202 Å². The summed E-state index contributed by atoms with van der Waals surface area (Å²) < 4.78 is 19.0. The van der Waals surface area contributed by atoms with Crippen LogP contribution in [0.25, 0.3) is 0 Å². The molecule has 1 aromatic carbocycles. The minimum Gasteiger partial charge on any atom is -0.378 e. The highest BCUT2D eigenvalue weighted by Gasteiger charge is 2.29. The lowest BCUT2D eigenvalue weighted by Gasteiger charge is -2.28. The first-order valence-electron chi connectivity index (χ1n) is 11.7. The number of carbonyl (C=O) groups is 3. The number of ketones is 1. The lowest BCUT2D eigenvalue weighted by Crippen LogP contribution is -2.40. The van der Waals surface area contributed by atoms with Crippen LogP contribution in [-0.2, 0) is 9.53 Å². The number of anilines is 1. The largest absolute Gasteiger partial charge is 0.378 e. The quantitative estimate of drug-likeness (QED) is 0.478. The van der Waals surface area contributed by atoms with E-state index < -0.39 is 5.82 Å². The van der Waals surface area contributed by atoms with Crippen molar-refractivity contribution in [2.75, 3.05) is 11.9 Å². The number of rotatable bonds is 8. The van der Waals surface area contributed by atoms with Crippen molar-refractivity contribution in [1.29, 1.82) is 0 Å². The van der Waals surface area contributed by atoms with Crippen LogP contribution in [-0.4, -0.2) is 46.3 Å². The number of H-pyrrole nitrogens is 1. The molecular formula is C24H28ClFN4O4. The zero-order valence-corrected chi connectivity index (χ0v) is 19.5. The fraction of sp³-hybridized carbons (Fsp3) is 0.500. The Hall–Kier alpha value is -2.78. The predicted octanol–water partition coefficient (Wildman–Crippen LogP) is 4.27. The fourth-order valence-electron chi connectivity index (χ4n) is 4.55. The molecule has 1 saturated carbocycles. The van der Waals surface area contributed by atoms with Crippen molar-refractivity contribution in [2.45, 2.75) is 63.5 Å². The molecule has 3 N–H and O–H groups in total. The van der Waals surface area contributed by atoms with Gasteiger partial charge in [-0.3, -0.25) is 14.4 Å². The van der Waals surface area contributed by atoms with Gasteiger partial charge in [0.15, 0.2) is 5.78 Å². The predicted molar refractivity (Wildman–Crippen MR) is 124 cm³/mol. The van der Waals surface area contributed by atoms with E-state index in [0.717, 1.165) is 19.4 Å². The third-order valence-corrected chi connectivity index (χ3v) is 6.80. The number of carbonyl (C=O) groups excluding carboxylic acids is 3. The van der Waals surface area contributed by atoms with E-state index in [2.05, 4.69) is 20.6 Å². The number of Topliss-reactive ketones (excluding diaryl/α,β-unsaturated/α-hetero) is 1. The van der Waals surface area contributed by atoms with Crippen LogP contribution in [0.3, 0.4) is 0 Å². The number of benzene rings is 1. The molecule has 10 heteroatoms. The lowest BCUT2D eigenvalue weighted by atomic mass is 9.85. The normalized spacial score (nSPS) is 22.4. The molecule has 0 radical (unpaired) electrons. The Morgan fingerprint density at radius 1 is 1.18 bits per heavy atom. The molecule has 4 rings (SSSR count). The smallest absolute Gasteiger partial charge is 0.270 e. The maximum absolute atomic E-state index is 13.4. The molecule has 2 aliphatic rings. The van der Waals surface area contributed by atoms with Gasteiger partial charge in [0.25, 0.3) is 5.91 Å². The van der Waals surface area contributed by atoms with Crippen molar-refractivity contribution in [3.8, 4) is 0 Å². The van der Waals surface area contributed by atoms with Crippen LogP contribution in [0, 0.1) is 11.7 Å². The summed E-state index contributed by atoms with van der Waals surface area (Å²) in [6, 6.07) is 3.70. The van der Waals surface area contributed by atoms with Gasteiger partial charge in [-0.15, -0.1) is 0 Å². The molecule has 1 aromatic heterocycles. The number of aromatic amines is 1. The van der Waals surface area contributed by atoms with Crippen molar-refractivity contribution in [1.82, 2.24) is 15.3 Å². The SMILES string of the molecule is O=C(CCC1CCCO1)c1nc[nH]c1C(=O)NC1CCC(C(=O)Nc2cc(F)ccc2Cl)CC1. The van der Waals surface area contributed by atoms with Gasteiger partial charge in [-0.1, -0.05) is 11.6 Å². The number of imidazole rings is 1. The molecule has 1 aliphatic carbocycles. The molecule has 1 unspecified atom stereocenters. The van der Waals surface area contributed by atoms with E-state index in [4.69, 9.17) is 16.3 Å². The van der Waals surface area contributed by atoms with E-state index in [-0.39, 0.29) is 64.2 Å². The van der Waals surface area contributed by atoms with Gasteiger partial charge in [-0.25, -0.2) is 9.37 Å². The Bertz CT molecular complexity index is 1050. The second kappa shape index (κ2) is 11.1. The molecule has 34 heavy (non-hydrogen) atoms. The van der Waals surface area contributed by atoms with Crippen LogP contribution in [0.1, 0.15) is 72.3 Å². The highest BCUT2D eigenvalue weighted by atomic mass is 35.5. The molecule has 0 bridgehead atoms. The van der Waals surface area contributed by atoms with E-state index in [0.29, 0.717) is 32.1 Å². The summed E-state index contributed by atoms with van der Waals surface area (Å²) in [5.74, 6) is -1.51. The zero-order chi connectivity index (χ0) is 24.1. The topological polar surface area (TPSA) is 113 Å². The average Bonchev–Trinajstić information content (AvgIpc) is 3.53. The van der Waals surface area contributed by atoms with E-state index in [1.165, 1.54) is 24.5 Å². The van der Waals surface area contributed by atoms with E-state index >= 15 is 0 Å². The van der Waals surface area contributed by atoms with Crippen molar-refractivity contribution in [3.63, 3.8) is 0 Å². The van der Waals surface area contributed by atoms with Crippen LogP contribution in [0.15, 0.2) is 24.5 Å². The van der Waals surface area contributed by atoms with Gasteiger partial charge >= 0.3 is 0 Å². The molecule has 1 aliphatic heterocycles. The third kappa shape index (κ3) is 6.01. The summed E-state index contributed by atoms with van der Waals surface area (Å²) in [7, 11) is 0. The number of nitrogens with zero attached hydrogens (tertiary/aromatic N) is 1. The molecule has 1 atom stereocenters. The molecule has 0 spiro atoms. The molecule has 182 valence electrons. The van der Waals surface area contributed by atoms with Crippen molar-refractivity contribution in [3.05, 3.63) is 46.8 Å². The van der Waals surface area contributed by atoms with Gasteiger partial charge in [0, 0.05) is 25.0 Å². The Morgan fingerprint density at radius 2 is 1.97 bits per heavy atom. The zero-order valence-electron chi connectivity index (χ0n) is 18.7. The van der Waals surface area contributed by atoms with Gasteiger partial charge in [-0.2, -0.15) is 0 Å². The summed E-state index contributed by atoms with van der Waals surface area (Å²) in [6.07, 6.45) is 6.69. The second-order valence-electron chi connectivity index (χ2n) is 8.86. The molecule has 2 heterocycles. The van der Waals surface area contributed by atoms with Crippen LogP contribution >= 0.6 is 11.6 Å². The Balaban J connectivity index is 1.26. The third-order valence-electron chi connectivity index (χ3n) is 6.47. The van der Waals surface area contributed by atoms with Crippen LogP contribution in [0.2, 0.25) is 5.02 Å². The number of hydrogen-bond donors (Lipinski definition) is 3. The van der Waals surface area contributed by atoms with Gasteiger partial charge in [-0.05, 0) is 63.1 Å². The van der Waals surface area contributed by atoms with Crippen molar-refractivity contribution < 1.29 is 23.5 Å². The Kier molecular flexibility index (Phi) is 7.95. The summed E-state index contributed by atoms with van der Waals surface area (Å²) in [5, 5.41) is 5.92. The standard InChI is InChI=1S/C24H28ClFN4O4/c25-18-9-5-15(26)12-19(18)30-23(32)14-3-6-16(7-4-14)29-24(33)22-21(27-13-28-22)20(31)10-8-17-2-1-11-34-17/h5,9,12-14,16-17H,1-4,6-8,10-11H2,(H,27,28)(H,29,33)(H,30,32). The van der Waals surface area contributed by atoms with Crippen molar-refractivity contribution in [2.24, 2.45) is 5.92 Å². The lowest BCUT2D eigenvalue weighted by molar-refractivity contribution is -0.120. The number of amides is 2. The highest BCUT2D eigenvalue weighted by Crippen LogP contribution is 2.28. The summed E-state index contributed by atoms with van der Waals surface area (Å²) in [4.78, 5) is 44.8. The molecule has 2 aromatic rings. The summed E-state index contributed by atoms with van der Waals surface area (Å²) in [6.45, 7) is 0.734. The first-order chi connectivity index (χ1) is 16.4. The minimum absolute atomic E-state index is 0.101. The number of nitrogens with one attached hydrogen (secondary N) is 3. The highest BCUT2D eigenvalue weighted by molar-refractivity contribution is 6.33. The number of hydrogen-bond acceptors (Lipinski definition) is 5. The van der Waals surface area contributed by atoms with E-state index in [1.54, 1.807) is 0 Å². The number of halogens is 2. The monoisotopic (exact) mass is 490 g/mol. The minimum atomic E-state index is -0.477. The number of aromatic nitrogens is 2. The molecule has 1 saturated heterocycles. The molecular weight excluding hydrogens is 463 g/mol. The fourth-order valence-corrected chi connectivity index (χ4v) is 4.71. The van der Waals surface area contributed by atoms with Crippen LogP contribution < -0.4 is 10.6 Å². The summed E-state index contributed by atoms with van der Waals surface area (Å²) in [5.41, 5.74) is 0.562. The molecule has 2 amide bonds. The van der Waals surface area contributed by atoms with Gasteiger partial charge < -0.3 is 20.4 Å². The average molecular weight is 491 g/mol. The van der Waals surface area contributed by atoms with Gasteiger partial charge in [0.05, 0.1) is 23.1 Å². The van der Waals surface area contributed by atoms with E-state index in [9.17, 15) is 18.8 Å². The van der Waals surface area contributed by atoms with Crippen LogP contribution in [0.4, 0.5) is 10.1 Å². The maximum Gasteiger partial charge on any atom is 0.270 e. The second-order valence-corrected chi connectivity index (χ2v) is 9.27. The summed E-state index contributed by atoms with van der Waals surface area (Å²) >= 11 is 6.03. The number of ether oxygens (including phenoxy) is 1. The van der Waals surface area contributed by atoms with Gasteiger partial charge in [0.1, 0.15) is 17.2 Å². The Morgan fingerprint density at radius 3 is 2.71 bits per heavy atom. The molecule has 2 fully saturated rings. The van der Waals surface area contributed by atoms with Gasteiger partial charge in [0.2, 0.25) is 5.91 Å². The maximum atomic E-state index is 13.4.